The highest BCUT2D eigenvalue weighted by Crippen LogP contribution is 2.46. The lowest BCUT2D eigenvalue weighted by Gasteiger charge is -2.28. The second kappa shape index (κ2) is 10.8. The lowest BCUT2D eigenvalue weighted by molar-refractivity contribution is 0.105. The van der Waals surface area contributed by atoms with Crippen molar-refractivity contribution in [3.8, 4) is 11.5 Å². The molecule has 0 bridgehead atoms. The predicted octanol–water partition coefficient (Wildman–Crippen LogP) is 5.81. The lowest BCUT2D eigenvalue weighted by atomic mass is 9.92. The molecule has 2 nitrogen and oxygen atoms in total. The van der Waals surface area contributed by atoms with Crippen LogP contribution in [0.3, 0.4) is 0 Å². The van der Waals surface area contributed by atoms with E-state index in [1.54, 1.807) is 7.11 Å². The molecule has 0 aliphatic heterocycles. The molecule has 0 fully saturated rings. The van der Waals surface area contributed by atoms with E-state index < -0.39 is 9.71 Å². The van der Waals surface area contributed by atoms with Gasteiger partial charge >= 0.3 is 0 Å². The van der Waals surface area contributed by atoms with Crippen molar-refractivity contribution < 1.29 is 9.47 Å². The van der Waals surface area contributed by atoms with Crippen LogP contribution in [-0.4, -0.2) is 28.0 Å². The summed E-state index contributed by atoms with van der Waals surface area (Å²) in [7, 11) is 1.63. The number of ether oxygens (including phenoxy) is 2. The van der Waals surface area contributed by atoms with Crippen LogP contribution in [0, 0.1) is 11.8 Å². The van der Waals surface area contributed by atoms with Crippen LogP contribution in [0.15, 0.2) is 48.5 Å². The summed E-state index contributed by atoms with van der Waals surface area (Å²) in [5, 5.41) is 0. The van der Waals surface area contributed by atoms with Gasteiger partial charge in [0.05, 0.1) is 13.0 Å². The molecular weight excluding hydrogens is 431 g/mol. The molecule has 0 saturated heterocycles. The van der Waals surface area contributed by atoms with Gasteiger partial charge in [0.2, 0.25) is 3.79 Å². The first kappa shape index (κ1) is 25.2. The van der Waals surface area contributed by atoms with Gasteiger partial charge < -0.3 is 9.47 Å². The first-order valence-corrected chi connectivity index (χ1v) is 10.2. The fourth-order valence-electron chi connectivity index (χ4n) is 3.30. The Hall–Kier alpha value is -0.873. The van der Waals surface area contributed by atoms with Crippen molar-refractivity contribution >= 4 is 45.8 Å². The number of hydrogen-bond donors (Lipinski definition) is 0. The van der Waals surface area contributed by atoms with Crippen molar-refractivity contribution in [3.63, 3.8) is 0 Å². The van der Waals surface area contributed by atoms with Gasteiger partial charge in [0, 0.05) is 0 Å². The maximum absolute atomic E-state index is 6.32. The van der Waals surface area contributed by atoms with Gasteiger partial charge in [-0.25, -0.2) is 0 Å². The van der Waals surface area contributed by atoms with Crippen LogP contribution in [0.2, 0.25) is 0 Å². The highest BCUT2D eigenvalue weighted by Gasteiger charge is 2.35. The van der Waals surface area contributed by atoms with Crippen molar-refractivity contribution in [2.24, 2.45) is 11.8 Å². The molecular formula is C22H31Cl3O2Si. The van der Waals surface area contributed by atoms with E-state index in [2.05, 4.69) is 27.7 Å². The number of rotatable bonds is 7. The van der Waals surface area contributed by atoms with E-state index >= 15 is 0 Å². The minimum Gasteiger partial charge on any atom is -0.497 e. The Morgan fingerprint density at radius 3 is 1.43 bits per heavy atom. The number of alkyl halides is 3. The Morgan fingerprint density at radius 1 is 0.714 bits per heavy atom. The second-order valence-electron chi connectivity index (χ2n) is 7.39. The van der Waals surface area contributed by atoms with Crippen molar-refractivity contribution in [3.05, 3.63) is 59.7 Å². The summed E-state index contributed by atoms with van der Waals surface area (Å²) >= 11 is 19.0. The molecule has 0 N–H and O–H groups in total. The van der Waals surface area contributed by atoms with E-state index in [9.17, 15) is 0 Å². The smallest absolute Gasteiger partial charge is 0.201 e. The molecule has 1 unspecified atom stereocenters. The average molecular weight is 462 g/mol. The molecule has 0 aliphatic carbocycles. The van der Waals surface area contributed by atoms with E-state index in [0.29, 0.717) is 11.8 Å². The SMILES string of the molecule is COc1ccc(C(c2ccc(OC(C(C)C)C(C)C)cc2)C(Cl)(Cl)Cl)cc1.[SiH4]. The third-order valence-corrected chi connectivity index (χ3v) is 5.23. The van der Waals surface area contributed by atoms with E-state index in [1.165, 1.54) is 0 Å². The van der Waals surface area contributed by atoms with Gasteiger partial charge in [0.15, 0.2) is 0 Å². The summed E-state index contributed by atoms with van der Waals surface area (Å²) in [5.74, 6) is 2.05. The molecule has 2 aromatic rings. The summed E-state index contributed by atoms with van der Waals surface area (Å²) in [6.45, 7) is 8.67. The summed E-state index contributed by atoms with van der Waals surface area (Å²) in [6.07, 6.45) is 0.154. The third kappa shape index (κ3) is 6.59. The fraction of sp³-hybridized carbons (Fsp3) is 0.455. The van der Waals surface area contributed by atoms with Crippen LogP contribution in [0.1, 0.15) is 44.7 Å². The molecule has 0 heterocycles. The number of halogens is 3. The molecule has 2 aromatic carbocycles. The molecule has 0 spiro atoms. The topological polar surface area (TPSA) is 18.5 Å². The number of methoxy groups -OCH3 is 1. The van der Waals surface area contributed by atoms with Crippen molar-refractivity contribution in [2.75, 3.05) is 7.11 Å². The number of benzene rings is 2. The van der Waals surface area contributed by atoms with Crippen LogP contribution in [0.4, 0.5) is 0 Å². The third-order valence-electron chi connectivity index (χ3n) is 4.58. The molecule has 2 rings (SSSR count). The molecule has 0 aliphatic rings. The standard InChI is InChI=1S/C22H27Cl3O2.H4Si/c1-14(2)21(15(3)4)27-19-12-8-17(9-13-19)20(22(23,24)25)16-6-10-18(26-5)11-7-16;/h6-15,20-21H,1-5H3;1H4. The van der Waals surface area contributed by atoms with Crippen molar-refractivity contribution in [1.82, 2.24) is 0 Å². The van der Waals surface area contributed by atoms with E-state index in [0.717, 1.165) is 22.6 Å². The predicted molar refractivity (Wildman–Crippen MR) is 127 cm³/mol. The molecule has 0 amide bonds. The van der Waals surface area contributed by atoms with Crippen molar-refractivity contribution in [1.29, 1.82) is 0 Å². The summed E-state index contributed by atoms with van der Waals surface area (Å²) < 4.78 is 9.92. The zero-order valence-corrected chi connectivity index (χ0v) is 18.6. The summed E-state index contributed by atoms with van der Waals surface area (Å²) in [5.41, 5.74) is 1.82. The Balaban J connectivity index is 0.00000392. The van der Waals surface area contributed by atoms with Gasteiger partial charge in [0.25, 0.3) is 0 Å². The molecule has 28 heavy (non-hydrogen) atoms. The van der Waals surface area contributed by atoms with E-state index in [4.69, 9.17) is 44.3 Å². The van der Waals surface area contributed by atoms with Crippen molar-refractivity contribution in [2.45, 2.75) is 43.5 Å². The van der Waals surface area contributed by atoms with Crippen LogP contribution >= 0.6 is 34.8 Å². The zero-order chi connectivity index (χ0) is 20.2. The molecule has 6 heteroatoms. The first-order chi connectivity index (χ1) is 12.6. The van der Waals surface area contributed by atoms with E-state index in [1.807, 2.05) is 48.5 Å². The molecule has 0 aromatic heterocycles. The summed E-state index contributed by atoms with van der Waals surface area (Å²) in [4.78, 5) is 0. The Morgan fingerprint density at radius 2 is 1.11 bits per heavy atom. The lowest BCUT2D eigenvalue weighted by Crippen LogP contribution is -2.28. The zero-order valence-electron chi connectivity index (χ0n) is 16.4. The quantitative estimate of drug-likeness (QED) is 0.383. The molecule has 1 atom stereocenters. The molecule has 0 saturated carbocycles. The summed E-state index contributed by atoms with van der Waals surface area (Å²) in [6, 6.07) is 15.4. The molecule has 156 valence electrons. The number of hydrogen-bond acceptors (Lipinski definition) is 2. The van der Waals surface area contributed by atoms with Crippen LogP contribution in [-0.2, 0) is 0 Å². The van der Waals surface area contributed by atoms with Crippen LogP contribution in [0.25, 0.3) is 0 Å². The second-order valence-corrected chi connectivity index (χ2v) is 9.76. The largest absolute Gasteiger partial charge is 0.497 e. The van der Waals surface area contributed by atoms with Crippen LogP contribution < -0.4 is 9.47 Å². The Kier molecular flexibility index (Phi) is 9.68. The van der Waals surface area contributed by atoms with Gasteiger partial charge in [-0.2, -0.15) is 0 Å². The van der Waals surface area contributed by atoms with Gasteiger partial charge in [0.1, 0.15) is 17.6 Å². The highest BCUT2D eigenvalue weighted by atomic mass is 35.6. The fourth-order valence-corrected chi connectivity index (χ4v) is 4.06. The maximum atomic E-state index is 6.32. The monoisotopic (exact) mass is 460 g/mol. The van der Waals surface area contributed by atoms with Gasteiger partial charge in [-0.15, -0.1) is 0 Å². The average Bonchev–Trinajstić information content (AvgIpc) is 2.60. The van der Waals surface area contributed by atoms with Gasteiger partial charge in [-0.05, 0) is 58.2 Å². The van der Waals surface area contributed by atoms with Gasteiger partial charge in [-0.1, -0.05) is 86.8 Å². The van der Waals surface area contributed by atoms with Gasteiger partial charge in [-0.3, -0.25) is 0 Å². The van der Waals surface area contributed by atoms with E-state index in [-0.39, 0.29) is 17.1 Å². The van der Waals surface area contributed by atoms with Crippen LogP contribution in [0.5, 0.6) is 11.5 Å². The Bertz CT molecular complexity index is 702. The minimum atomic E-state index is -1.48. The maximum Gasteiger partial charge on any atom is 0.201 e. The molecule has 0 radical (unpaired) electrons. The normalized spacial score (nSPS) is 12.8. The Labute approximate surface area is 188 Å². The minimum absolute atomic E-state index is 0. The highest BCUT2D eigenvalue weighted by molar-refractivity contribution is 6.68. The first-order valence-electron chi connectivity index (χ1n) is 9.10.